The molecular formula is C25H19ClN2. The van der Waals surface area contributed by atoms with Gasteiger partial charge in [0.2, 0.25) is 0 Å². The number of benzene rings is 4. The molecule has 0 saturated heterocycles. The molecule has 0 fully saturated rings. The van der Waals surface area contributed by atoms with Crippen LogP contribution in [0, 0.1) is 0 Å². The SMILES string of the molecule is Nc1ccc(C2(c3ccc(N)cc3)c3ccccc3-c3ccc(Cl)cc32)cc1. The van der Waals surface area contributed by atoms with Gasteiger partial charge in [-0.3, -0.25) is 0 Å². The summed E-state index contributed by atoms with van der Waals surface area (Å²) in [6.45, 7) is 0. The maximum absolute atomic E-state index is 6.48. The van der Waals surface area contributed by atoms with Crippen molar-refractivity contribution in [3.05, 3.63) is 118 Å². The predicted octanol–water partition coefficient (Wildman–Crippen LogP) is 5.87. The van der Waals surface area contributed by atoms with Gasteiger partial charge in [0.25, 0.3) is 0 Å². The van der Waals surface area contributed by atoms with Gasteiger partial charge < -0.3 is 11.5 Å². The van der Waals surface area contributed by atoms with E-state index in [0.29, 0.717) is 0 Å². The Kier molecular flexibility index (Phi) is 3.71. The van der Waals surface area contributed by atoms with E-state index in [-0.39, 0.29) is 0 Å². The van der Waals surface area contributed by atoms with Crippen LogP contribution in [0.15, 0.2) is 91.0 Å². The summed E-state index contributed by atoms with van der Waals surface area (Å²) in [5.74, 6) is 0. The van der Waals surface area contributed by atoms with Crippen molar-refractivity contribution in [2.45, 2.75) is 5.41 Å². The third-order valence-electron chi connectivity index (χ3n) is 5.69. The van der Waals surface area contributed by atoms with E-state index in [1.807, 2.05) is 30.3 Å². The van der Waals surface area contributed by atoms with Gasteiger partial charge in [0.1, 0.15) is 0 Å². The van der Waals surface area contributed by atoms with E-state index in [1.165, 1.54) is 22.3 Å². The topological polar surface area (TPSA) is 52.0 Å². The third kappa shape index (κ3) is 2.28. The first-order chi connectivity index (χ1) is 13.6. The van der Waals surface area contributed by atoms with Crippen molar-refractivity contribution in [1.82, 2.24) is 0 Å². The Morgan fingerprint density at radius 3 is 1.71 bits per heavy atom. The number of hydrogen-bond donors (Lipinski definition) is 2. The normalized spacial score (nSPS) is 13.8. The first-order valence-corrected chi connectivity index (χ1v) is 9.60. The standard InChI is InChI=1S/C25H19ClN2/c26-18-9-14-22-21-3-1-2-4-23(21)25(24(22)15-18,16-5-10-19(27)11-6-16)17-7-12-20(28)13-8-17/h1-15H,27-28H2. The molecule has 0 radical (unpaired) electrons. The maximum Gasteiger partial charge on any atom is 0.0714 e. The molecule has 1 aliphatic rings. The lowest BCUT2D eigenvalue weighted by Gasteiger charge is -2.34. The van der Waals surface area contributed by atoms with Crippen molar-refractivity contribution in [2.24, 2.45) is 0 Å². The molecule has 3 heteroatoms. The lowest BCUT2D eigenvalue weighted by molar-refractivity contribution is 0.769. The van der Waals surface area contributed by atoms with Gasteiger partial charge in [-0.25, -0.2) is 0 Å². The molecule has 0 aromatic heterocycles. The summed E-state index contributed by atoms with van der Waals surface area (Å²) in [5, 5.41) is 0.724. The number of nitrogens with two attached hydrogens (primary N) is 2. The Labute approximate surface area is 169 Å². The zero-order valence-electron chi connectivity index (χ0n) is 15.2. The maximum atomic E-state index is 6.48. The van der Waals surface area contributed by atoms with Gasteiger partial charge in [-0.15, -0.1) is 0 Å². The quantitative estimate of drug-likeness (QED) is 0.375. The highest BCUT2D eigenvalue weighted by atomic mass is 35.5. The molecule has 5 rings (SSSR count). The molecule has 1 aliphatic carbocycles. The number of rotatable bonds is 2. The first kappa shape index (κ1) is 16.9. The molecule has 0 spiro atoms. The van der Waals surface area contributed by atoms with E-state index in [4.69, 9.17) is 23.1 Å². The van der Waals surface area contributed by atoms with Crippen LogP contribution in [-0.2, 0) is 5.41 Å². The molecule has 0 heterocycles. The van der Waals surface area contributed by atoms with Crippen molar-refractivity contribution in [1.29, 1.82) is 0 Å². The third-order valence-corrected chi connectivity index (χ3v) is 5.93. The molecule has 4 aromatic rings. The van der Waals surface area contributed by atoms with Crippen LogP contribution in [-0.4, -0.2) is 0 Å². The molecular weight excluding hydrogens is 364 g/mol. The highest BCUT2D eigenvalue weighted by Crippen LogP contribution is 2.56. The van der Waals surface area contributed by atoms with E-state index in [2.05, 4.69) is 60.7 Å². The van der Waals surface area contributed by atoms with Gasteiger partial charge in [0.05, 0.1) is 5.41 Å². The van der Waals surface area contributed by atoms with Gasteiger partial charge >= 0.3 is 0 Å². The average Bonchev–Trinajstić information content (AvgIpc) is 3.00. The van der Waals surface area contributed by atoms with Crippen LogP contribution in [0.5, 0.6) is 0 Å². The summed E-state index contributed by atoms with van der Waals surface area (Å²) >= 11 is 6.48. The van der Waals surface area contributed by atoms with Gasteiger partial charge in [-0.2, -0.15) is 0 Å². The molecule has 0 bridgehead atoms. The molecule has 0 amide bonds. The summed E-state index contributed by atoms with van der Waals surface area (Å²) in [7, 11) is 0. The van der Waals surface area contributed by atoms with E-state index in [1.54, 1.807) is 0 Å². The molecule has 0 saturated carbocycles. The number of fused-ring (bicyclic) bond motifs is 3. The Hall–Kier alpha value is -3.23. The zero-order chi connectivity index (χ0) is 19.3. The Balaban J connectivity index is 1.96. The Bertz CT molecular complexity index is 1130. The zero-order valence-corrected chi connectivity index (χ0v) is 15.9. The van der Waals surface area contributed by atoms with Crippen molar-refractivity contribution in [3.8, 4) is 11.1 Å². The smallest absolute Gasteiger partial charge is 0.0714 e. The van der Waals surface area contributed by atoms with Crippen LogP contribution in [0.25, 0.3) is 11.1 Å². The number of anilines is 2. The molecule has 2 nitrogen and oxygen atoms in total. The van der Waals surface area contributed by atoms with Crippen molar-refractivity contribution < 1.29 is 0 Å². The fourth-order valence-corrected chi connectivity index (χ4v) is 4.68. The minimum absolute atomic E-state index is 0.474. The van der Waals surface area contributed by atoms with Crippen LogP contribution in [0.4, 0.5) is 11.4 Å². The summed E-state index contributed by atoms with van der Waals surface area (Å²) < 4.78 is 0. The number of halogens is 1. The summed E-state index contributed by atoms with van der Waals surface area (Å²) in [5.41, 5.74) is 20.2. The lowest BCUT2D eigenvalue weighted by atomic mass is 9.67. The van der Waals surface area contributed by atoms with Crippen LogP contribution in [0.3, 0.4) is 0 Å². The molecule has 136 valence electrons. The summed E-state index contributed by atoms with van der Waals surface area (Å²) in [6, 6.07) is 31.0. The van der Waals surface area contributed by atoms with E-state index >= 15 is 0 Å². The average molecular weight is 383 g/mol. The van der Waals surface area contributed by atoms with Gasteiger partial charge in [-0.1, -0.05) is 66.2 Å². The van der Waals surface area contributed by atoms with Gasteiger partial charge in [0, 0.05) is 16.4 Å². The highest BCUT2D eigenvalue weighted by Gasteiger charge is 2.46. The van der Waals surface area contributed by atoms with Crippen LogP contribution in [0.1, 0.15) is 22.3 Å². The highest BCUT2D eigenvalue weighted by molar-refractivity contribution is 6.30. The molecule has 4 aromatic carbocycles. The minimum Gasteiger partial charge on any atom is -0.399 e. The number of nitrogen functional groups attached to an aromatic ring is 2. The van der Waals surface area contributed by atoms with E-state index in [9.17, 15) is 0 Å². The monoisotopic (exact) mass is 382 g/mol. The van der Waals surface area contributed by atoms with Crippen molar-refractivity contribution in [2.75, 3.05) is 11.5 Å². The molecule has 4 N–H and O–H groups in total. The Morgan fingerprint density at radius 1 is 0.571 bits per heavy atom. The number of hydrogen-bond acceptors (Lipinski definition) is 2. The van der Waals surface area contributed by atoms with Crippen LogP contribution in [0.2, 0.25) is 5.02 Å². The fourth-order valence-electron chi connectivity index (χ4n) is 4.51. The van der Waals surface area contributed by atoms with E-state index < -0.39 is 5.41 Å². The van der Waals surface area contributed by atoms with E-state index in [0.717, 1.165) is 27.5 Å². The molecule has 28 heavy (non-hydrogen) atoms. The van der Waals surface area contributed by atoms with Gasteiger partial charge in [0.15, 0.2) is 0 Å². The second-order valence-electron chi connectivity index (χ2n) is 7.23. The fraction of sp³-hybridized carbons (Fsp3) is 0.0400. The molecule has 0 aliphatic heterocycles. The minimum atomic E-state index is -0.474. The Morgan fingerprint density at radius 2 is 1.11 bits per heavy atom. The molecule has 0 atom stereocenters. The second-order valence-corrected chi connectivity index (χ2v) is 7.67. The largest absolute Gasteiger partial charge is 0.399 e. The summed E-state index contributed by atoms with van der Waals surface area (Å²) in [4.78, 5) is 0. The predicted molar refractivity (Wildman–Crippen MR) is 118 cm³/mol. The summed E-state index contributed by atoms with van der Waals surface area (Å²) in [6.07, 6.45) is 0. The van der Waals surface area contributed by atoms with Gasteiger partial charge in [-0.05, 0) is 69.8 Å². The first-order valence-electron chi connectivity index (χ1n) is 9.22. The van der Waals surface area contributed by atoms with Crippen molar-refractivity contribution in [3.63, 3.8) is 0 Å². The van der Waals surface area contributed by atoms with Crippen molar-refractivity contribution >= 4 is 23.0 Å². The second kappa shape index (κ2) is 6.15. The lowest BCUT2D eigenvalue weighted by Crippen LogP contribution is -2.28. The molecule has 0 unspecified atom stereocenters. The van der Waals surface area contributed by atoms with Crippen LogP contribution >= 0.6 is 11.6 Å². The van der Waals surface area contributed by atoms with Crippen LogP contribution < -0.4 is 11.5 Å².